The van der Waals surface area contributed by atoms with Crippen molar-refractivity contribution in [1.29, 1.82) is 0 Å². The van der Waals surface area contributed by atoms with Crippen LogP contribution in [0.1, 0.15) is 39.0 Å². The second kappa shape index (κ2) is 7.20. The molecule has 2 fully saturated rings. The van der Waals surface area contributed by atoms with Gasteiger partial charge in [-0.1, -0.05) is 0 Å². The Morgan fingerprint density at radius 3 is 2.35 bits per heavy atom. The molecule has 2 saturated heterocycles. The minimum atomic E-state index is -3.10. The van der Waals surface area contributed by atoms with Crippen molar-refractivity contribution in [1.82, 2.24) is 9.62 Å². The van der Waals surface area contributed by atoms with Crippen LogP contribution in [0.2, 0.25) is 0 Å². The first-order valence-corrected chi connectivity index (χ1v) is 9.46. The van der Waals surface area contributed by atoms with Crippen LogP contribution >= 0.6 is 0 Å². The third-order valence-corrected chi connectivity index (χ3v) is 6.72. The highest BCUT2D eigenvalue weighted by Gasteiger charge is 2.30. The Morgan fingerprint density at radius 2 is 1.80 bits per heavy atom. The Kier molecular flexibility index (Phi) is 5.84. The van der Waals surface area contributed by atoms with Crippen molar-refractivity contribution in [3.05, 3.63) is 0 Å². The quantitative estimate of drug-likeness (QED) is 0.788. The van der Waals surface area contributed by atoms with Crippen LogP contribution in [0.4, 0.5) is 0 Å². The number of sulfonamides is 1. The molecule has 2 aliphatic heterocycles. The lowest BCUT2D eigenvalue weighted by atomic mass is 9.93. The van der Waals surface area contributed by atoms with Gasteiger partial charge >= 0.3 is 0 Å². The summed E-state index contributed by atoms with van der Waals surface area (Å²) in [6, 6.07) is 0. The third-order valence-electron chi connectivity index (χ3n) is 4.82. The molecule has 0 aromatic heterocycles. The van der Waals surface area contributed by atoms with Crippen LogP contribution in [0, 0.1) is 11.8 Å². The van der Waals surface area contributed by atoms with Gasteiger partial charge < -0.3 is 10.4 Å². The summed E-state index contributed by atoms with van der Waals surface area (Å²) in [7, 11) is -3.10. The first-order chi connectivity index (χ1) is 9.49. The Hall–Kier alpha value is -0.170. The average molecular weight is 304 g/mol. The van der Waals surface area contributed by atoms with Crippen LogP contribution < -0.4 is 5.32 Å². The second-order valence-electron chi connectivity index (χ2n) is 6.28. The van der Waals surface area contributed by atoms with E-state index in [0.717, 1.165) is 45.2 Å². The predicted octanol–water partition coefficient (Wildman–Crippen LogP) is 0.799. The molecule has 0 bridgehead atoms. The van der Waals surface area contributed by atoms with Gasteiger partial charge in [-0.2, -0.15) is 0 Å². The zero-order valence-electron chi connectivity index (χ0n) is 12.4. The lowest BCUT2D eigenvalue weighted by Crippen LogP contribution is -2.42. The summed E-state index contributed by atoms with van der Waals surface area (Å²) >= 11 is 0. The van der Waals surface area contributed by atoms with Crippen LogP contribution in [-0.2, 0) is 10.0 Å². The molecule has 0 aliphatic carbocycles. The molecule has 6 heteroatoms. The van der Waals surface area contributed by atoms with Gasteiger partial charge in [0.05, 0.1) is 11.9 Å². The SMILES string of the molecule is CC(O)C1CCN(S(=O)(=O)CCC2CCNCC2)CC1. The minimum absolute atomic E-state index is 0.255. The third kappa shape index (κ3) is 4.41. The Bertz CT molecular complexity index is 383. The fraction of sp³-hybridized carbons (Fsp3) is 1.00. The summed E-state index contributed by atoms with van der Waals surface area (Å²) < 4.78 is 26.3. The normalized spacial score (nSPS) is 25.7. The molecule has 118 valence electrons. The molecule has 0 aromatic rings. The maximum Gasteiger partial charge on any atom is 0.214 e. The average Bonchev–Trinajstić information content (AvgIpc) is 2.46. The van der Waals surface area contributed by atoms with E-state index in [9.17, 15) is 13.5 Å². The van der Waals surface area contributed by atoms with Gasteiger partial charge in [0, 0.05) is 13.1 Å². The van der Waals surface area contributed by atoms with Gasteiger partial charge in [-0.25, -0.2) is 12.7 Å². The molecule has 5 nitrogen and oxygen atoms in total. The molecule has 1 atom stereocenters. The van der Waals surface area contributed by atoms with Gasteiger partial charge in [0.2, 0.25) is 10.0 Å². The minimum Gasteiger partial charge on any atom is -0.393 e. The maximum absolute atomic E-state index is 12.4. The second-order valence-corrected chi connectivity index (χ2v) is 8.36. The van der Waals surface area contributed by atoms with Crippen LogP contribution in [-0.4, -0.2) is 55.9 Å². The highest BCUT2D eigenvalue weighted by atomic mass is 32.2. The number of rotatable bonds is 5. The van der Waals surface area contributed by atoms with E-state index in [1.165, 1.54) is 0 Å². The summed E-state index contributed by atoms with van der Waals surface area (Å²) in [5, 5.41) is 12.9. The molecule has 2 heterocycles. The van der Waals surface area contributed by atoms with Crippen molar-refractivity contribution >= 4 is 10.0 Å². The number of piperidine rings is 2. The molecular weight excluding hydrogens is 276 g/mol. The highest BCUT2D eigenvalue weighted by Crippen LogP contribution is 2.24. The lowest BCUT2D eigenvalue weighted by Gasteiger charge is -2.33. The van der Waals surface area contributed by atoms with Crippen LogP contribution in [0.15, 0.2) is 0 Å². The number of aliphatic hydroxyl groups excluding tert-OH is 1. The first kappa shape index (κ1) is 16.2. The zero-order valence-corrected chi connectivity index (χ0v) is 13.2. The van der Waals surface area contributed by atoms with Crippen molar-refractivity contribution in [2.75, 3.05) is 31.9 Å². The lowest BCUT2D eigenvalue weighted by molar-refractivity contribution is 0.0911. The van der Waals surface area contributed by atoms with Crippen LogP contribution in [0.25, 0.3) is 0 Å². The molecule has 0 spiro atoms. The standard InChI is InChI=1S/C14H28N2O3S/c1-12(17)14-4-9-16(10-5-14)20(18,19)11-6-13-2-7-15-8-3-13/h12-15,17H,2-11H2,1H3. The first-order valence-electron chi connectivity index (χ1n) is 7.85. The van der Waals surface area contributed by atoms with Gasteiger partial charge in [-0.05, 0) is 64.0 Å². The highest BCUT2D eigenvalue weighted by molar-refractivity contribution is 7.89. The van der Waals surface area contributed by atoms with Gasteiger partial charge in [0.15, 0.2) is 0 Å². The summed E-state index contributed by atoms with van der Waals surface area (Å²) in [5.74, 6) is 1.10. The van der Waals surface area contributed by atoms with E-state index in [1.807, 2.05) is 0 Å². The maximum atomic E-state index is 12.4. The van der Waals surface area contributed by atoms with Crippen molar-refractivity contribution in [3.8, 4) is 0 Å². The number of nitrogens with zero attached hydrogens (tertiary/aromatic N) is 1. The van der Waals surface area contributed by atoms with Crippen molar-refractivity contribution in [3.63, 3.8) is 0 Å². The summed E-state index contributed by atoms with van der Waals surface area (Å²) in [6.07, 6.45) is 4.23. The number of nitrogens with one attached hydrogen (secondary N) is 1. The van der Waals surface area contributed by atoms with Crippen molar-refractivity contribution in [2.45, 2.75) is 45.1 Å². The van der Waals surface area contributed by atoms with Gasteiger partial charge in [-0.15, -0.1) is 0 Å². The predicted molar refractivity (Wildman–Crippen MR) is 80.0 cm³/mol. The fourth-order valence-corrected chi connectivity index (χ4v) is 4.91. The fourth-order valence-electron chi connectivity index (χ4n) is 3.25. The van der Waals surface area contributed by atoms with Gasteiger partial charge in [-0.3, -0.25) is 0 Å². The molecule has 0 aromatic carbocycles. The number of aliphatic hydroxyl groups is 1. The zero-order chi connectivity index (χ0) is 14.6. The summed E-state index contributed by atoms with van der Waals surface area (Å²) in [6.45, 7) is 4.98. The van der Waals surface area contributed by atoms with Gasteiger partial charge in [0.1, 0.15) is 0 Å². The van der Waals surface area contributed by atoms with E-state index in [0.29, 0.717) is 19.0 Å². The molecule has 2 aliphatic rings. The van der Waals surface area contributed by atoms with E-state index in [1.54, 1.807) is 11.2 Å². The Morgan fingerprint density at radius 1 is 1.20 bits per heavy atom. The number of hydrogen-bond acceptors (Lipinski definition) is 4. The molecule has 0 radical (unpaired) electrons. The molecule has 20 heavy (non-hydrogen) atoms. The van der Waals surface area contributed by atoms with Crippen LogP contribution in [0.5, 0.6) is 0 Å². The van der Waals surface area contributed by atoms with Crippen LogP contribution in [0.3, 0.4) is 0 Å². The molecule has 1 unspecified atom stereocenters. The van der Waals surface area contributed by atoms with Crippen molar-refractivity contribution in [2.24, 2.45) is 11.8 Å². The smallest absolute Gasteiger partial charge is 0.214 e. The topological polar surface area (TPSA) is 69.6 Å². The van der Waals surface area contributed by atoms with Crippen molar-refractivity contribution < 1.29 is 13.5 Å². The molecule has 2 rings (SSSR count). The van der Waals surface area contributed by atoms with E-state index >= 15 is 0 Å². The molecular formula is C14H28N2O3S. The molecule has 0 amide bonds. The summed E-state index contributed by atoms with van der Waals surface area (Å²) in [4.78, 5) is 0. The van der Waals surface area contributed by atoms with E-state index in [-0.39, 0.29) is 17.8 Å². The monoisotopic (exact) mass is 304 g/mol. The van der Waals surface area contributed by atoms with E-state index in [2.05, 4.69) is 5.32 Å². The van der Waals surface area contributed by atoms with E-state index < -0.39 is 10.0 Å². The Balaban J connectivity index is 1.78. The van der Waals surface area contributed by atoms with E-state index in [4.69, 9.17) is 0 Å². The Labute approximate surface area is 122 Å². The summed E-state index contributed by atoms with van der Waals surface area (Å²) in [5.41, 5.74) is 0. The molecule has 2 N–H and O–H groups in total. The van der Waals surface area contributed by atoms with Gasteiger partial charge in [0.25, 0.3) is 0 Å². The largest absolute Gasteiger partial charge is 0.393 e. The molecule has 0 saturated carbocycles. The number of hydrogen-bond donors (Lipinski definition) is 2.